The maximum Gasteiger partial charge on any atom is 0.268 e. The van der Waals surface area contributed by atoms with Gasteiger partial charge in [0.15, 0.2) is 4.91 Å². The van der Waals surface area contributed by atoms with Gasteiger partial charge in [-0.25, -0.2) is 8.42 Å². The summed E-state index contributed by atoms with van der Waals surface area (Å²) in [6.07, 6.45) is 1.64. The molecule has 1 fully saturated rings. The number of likely N-dealkylation sites (tertiary alicyclic amines) is 1. The van der Waals surface area contributed by atoms with Crippen LogP contribution in [0.25, 0.3) is 0 Å². The summed E-state index contributed by atoms with van der Waals surface area (Å²) >= 11 is 6.14. The smallest absolute Gasteiger partial charge is 0.268 e. The Kier molecular flexibility index (Phi) is 5.66. The van der Waals surface area contributed by atoms with Crippen molar-refractivity contribution in [1.82, 2.24) is 4.90 Å². The molecule has 1 N–H and O–H groups in total. The average molecular weight is 459 g/mol. The molecule has 1 saturated heterocycles. The van der Waals surface area contributed by atoms with Gasteiger partial charge in [0.25, 0.3) is 10.0 Å². The first-order chi connectivity index (χ1) is 14.7. The third kappa shape index (κ3) is 4.00. The summed E-state index contributed by atoms with van der Waals surface area (Å²) in [5.41, 5.74) is 1.32. The van der Waals surface area contributed by atoms with Gasteiger partial charge in [-0.3, -0.25) is 14.3 Å². The molecule has 1 heterocycles. The molecule has 31 heavy (non-hydrogen) atoms. The lowest BCUT2D eigenvalue weighted by Gasteiger charge is -2.35. The first kappa shape index (κ1) is 21.6. The number of nitrogens with zero attached hydrogens (tertiary/aromatic N) is 1. The number of benzene rings is 2. The van der Waals surface area contributed by atoms with Crippen LogP contribution in [0.4, 0.5) is 5.69 Å². The Morgan fingerprint density at radius 2 is 1.61 bits per heavy atom. The Bertz CT molecular complexity index is 1210. The normalized spacial score (nSPS) is 17.7. The second-order valence-electron chi connectivity index (χ2n) is 8.12. The molecule has 0 bridgehead atoms. The Morgan fingerprint density at radius 3 is 2.23 bits per heavy atom. The number of halogens is 1. The zero-order valence-electron chi connectivity index (χ0n) is 17.3. The second-order valence-corrected chi connectivity index (χ2v) is 10.1. The van der Waals surface area contributed by atoms with Gasteiger partial charge < -0.3 is 4.90 Å². The maximum atomic E-state index is 13.4. The molecule has 0 radical (unpaired) electrons. The van der Waals surface area contributed by atoms with Gasteiger partial charge >= 0.3 is 0 Å². The standard InChI is InChI=1S/C23H23ClN2O4S/c1-14-9-11-26(12-10-14)20-21(27)17-5-3-4-6-18(17)22(28)23(20)31(29,30)25-16-8-7-15(2)19(24)13-16/h3-8,13-14,25H,9-12H2,1-2H3. The summed E-state index contributed by atoms with van der Waals surface area (Å²) in [6, 6.07) is 11.1. The number of Topliss-reactive ketones (excluding diaryl/α,β-unsaturated/α-hetero) is 2. The van der Waals surface area contributed by atoms with Crippen LogP contribution in [0.3, 0.4) is 0 Å². The van der Waals surface area contributed by atoms with Crippen LogP contribution in [-0.4, -0.2) is 38.0 Å². The van der Waals surface area contributed by atoms with E-state index in [2.05, 4.69) is 11.6 Å². The lowest BCUT2D eigenvalue weighted by atomic mass is 9.90. The van der Waals surface area contributed by atoms with Crippen LogP contribution in [0.1, 0.15) is 46.0 Å². The predicted molar refractivity (Wildman–Crippen MR) is 121 cm³/mol. The van der Waals surface area contributed by atoms with E-state index in [1.807, 2.05) is 0 Å². The van der Waals surface area contributed by atoms with Gasteiger partial charge in [-0.1, -0.05) is 48.9 Å². The highest BCUT2D eigenvalue weighted by Crippen LogP contribution is 2.34. The number of rotatable bonds is 4. The van der Waals surface area contributed by atoms with Crippen molar-refractivity contribution in [2.45, 2.75) is 26.7 Å². The van der Waals surface area contributed by atoms with Crippen LogP contribution in [0.2, 0.25) is 5.02 Å². The van der Waals surface area contributed by atoms with Crippen LogP contribution < -0.4 is 4.72 Å². The molecule has 0 saturated carbocycles. The van der Waals surface area contributed by atoms with E-state index in [9.17, 15) is 18.0 Å². The van der Waals surface area contributed by atoms with Gasteiger partial charge in [0, 0.05) is 29.2 Å². The third-order valence-corrected chi connectivity index (χ3v) is 7.67. The van der Waals surface area contributed by atoms with Gasteiger partial charge in [-0.05, 0) is 43.4 Å². The monoisotopic (exact) mass is 458 g/mol. The summed E-state index contributed by atoms with van der Waals surface area (Å²) in [4.78, 5) is 28.0. The summed E-state index contributed by atoms with van der Waals surface area (Å²) in [7, 11) is -4.34. The molecule has 2 aliphatic rings. The first-order valence-corrected chi connectivity index (χ1v) is 12.0. The highest BCUT2D eigenvalue weighted by Gasteiger charge is 2.42. The number of sulfonamides is 1. The van der Waals surface area contributed by atoms with E-state index >= 15 is 0 Å². The van der Waals surface area contributed by atoms with Gasteiger partial charge in [0.2, 0.25) is 11.6 Å². The number of carbonyl (C=O) groups excluding carboxylic acids is 2. The zero-order chi connectivity index (χ0) is 22.3. The van der Waals surface area contributed by atoms with Crippen LogP contribution in [0.15, 0.2) is 53.1 Å². The Labute approximate surface area is 186 Å². The van der Waals surface area contributed by atoms with E-state index in [1.54, 1.807) is 42.2 Å². The van der Waals surface area contributed by atoms with Gasteiger partial charge in [0.05, 0.1) is 5.69 Å². The molecular formula is C23H23ClN2O4S. The molecule has 6 nitrogen and oxygen atoms in total. The first-order valence-electron chi connectivity index (χ1n) is 10.2. The molecular weight excluding hydrogens is 436 g/mol. The number of hydrogen-bond acceptors (Lipinski definition) is 5. The summed E-state index contributed by atoms with van der Waals surface area (Å²) in [5, 5.41) is 0.399. The molecule has 0 unspecified atom stereocenters. The lowest BCUT2D eigenvalue weighted by molar-refractivity contribution is 0.0933. The predicted octanol–water partition coefficient (Wildman–Crippen LogP) is 4.41. The number of aryl methyl sites for hydroxylation is 1. The average Bonchev–Trinajstić information content (AvgIpc) is 2.73. The molecule has 2 aromatic carbocycles. The van der Waals surface area contributed by atoms with Crippen molar-refractivity contribution in [3.63, 3.8) is 0 Å². The second kappa shape index (κ2) is 8.13. The fourth-order valence-electron chi connectivity index (χ4n) is 3.97. The molecule has 1 aliphatic carbocycles. The molecule has 0 spiro atoms. The SMILES string of the molecule is Cc1ccc(NS(=O)(=O)C2=C(N3CCC(C)CC3)C(=O)c3ccccc3C2=O)cc1Cl. The van der Waals surface area contributed by atoms with Crippen molar-refractivity contribution in [1.29, 1.82) is 0 Å². The minimum atomic E-state index is -4.34. The number of piperidine rings is 1. The topological polar surface area (TPSA) is 83.6 Å². The van der Waals surface area contributed by atoms with E-state index in [0.717, 1.165) is 18.4 Å². The van der Waals surface area contributed by atoms with Crippen molar-refractivity contribution in [3.05, 3.63) is 74.8 Å². The largest absolute Gasteiger partial charge is 0.367 e. The van der Waals surface area contributed by atoms with Crippen LogP contribution >= 0.6 is 11.6 Å². The van der Waals surface area contributed by atoms with Gasteiger partial charge in [-0.2, -0.15) is 0 Å². The zero-order valence-corrected chi connectivity index (χ0v) is 18.9. The number of fused-ring (bicyclic) bond motifs is 1. The Balaban J connectivity index is 1.84. The van der Waals surface area contributed by atoms with Crippen molar-refractivity contribution in [2.24, 2.45) is 5.92 Å². The maximum absolute atomic E-state index is 13.4. The summed E-state index contributed by atoms with van der Waals surface area (Å²) in [6.45, 7) is 4.97. The summed E-state index contributed by atoms with van der Waals surface area (Å²) in [5.74, 6) is -0.631. The lowest BCUT2D eigenvalue weighted by Crippen LogP contribution is -2.41. The van der Waals surface area contributed by atoms with E-state index in [-0.39, 0.29) is 22.5 Å². The summed E-state index contributed by atoms with van der Waals surface area (Å²) < 4.78 is 29.3. The highest BCUT2D eigenvalue weighted by molar-refractivity contribution is 7.97. The quantitative estimate of drug-likeness (QED) is 0.733. The number of ketones is 2. The highest BCUT2D eigenvalue weighted by atomic mass is 35.5. The van der Waals surface area contributed by atoms with Crippen LogP contribution in [-0.2, 0) is 10.0 Å². The van der Waals surface area contributed by atoms with E-state index in [1.165, 1.54) is 12.1 Å². The molecule has 1 aliphatic heterocycles. The Hall–Kier alpha value is -2.64. The molecule has 0 aromatic heterocycles. The number of anilines is 1. The third-order valence-electron chi connectivity index (χ3n) is 5.85. The van der Waals surface area contributed by atoms with Crippen LogP contribution in [0.5, 0.6) is 0 Å². The minimum absolute atomic E-state index is 0.0405. The van der Waals surface area contributed by atoms with Crippen molar-refractivity contribution in [3.8, 4) is 0 Å². The molecule has 162 valence electrons. The van der Waals surface area contributed by atoms with E-state index in [0.29, 0.717) is 24.0 Å². The van der Waals surface area contributed by atoms with Crippen molar-refractivity contribution in [2.75, 3.05) is 17.8 Å². The van der Waals surface area contributed by atoms with Crippen molar-refractivity contribution < 1.29 is 18.0 Å². The van der Waals surface area contributed by atoms with Crippen LogP contribution in [0, 0.1) is 12.8 Å². The number of hydrogen-bond donors (Lipinski definition) is 1. The minimum Gasteiger partial charge on any atom is -0.367 e. The molecule has 8 heteroatoms. The van der Waals surface area contributed by atoms with Gasteiger partial charge in [0.1, 0.15) is 5.70 Å². The number of allylic oxidation sites excluding steroid dienone is 2. The van der Waals surface area contributed by atoms with Gasteiger partial charge in [-0.15, -0.1) is 0 Å². The Morgan fingerprint density at radius 1 is 1.00 bits per heavy atom. The fourth-order valence-corrected chi connectivity index (χ4v) is 5.52. The number of nitrogens with one attached hydrogen (secondary N) is 1. The molecule has 0 atom stereocenters. The molecule has 4 rings (SSSR count). The molecule has 2 aromatic rings. The number of carbonyl (C=O) groups is 2. The van der Waals surface area contributed by atoms with E-state index in [4.69, 9.17) is 11.6 Å². The van der Waals surface area contributed by atoms with E-state index < -0.39 is 26.5 Å². The van der Waals surface area contributed by atoms with Crippen molar-refractivity contribution >= 4 is 38.9 Å². The fraction of sp³-hybridized carbons (Fsp3) is 0.304. The molecule has 0 amide bonds.